The van der Waals surface area contributed by atoms with E-state index in [0.717, 1.165) is 12.8 Å². The van der Waals surface area contributed by atoms with Gasteiger partial charge in [-0.3, -0.25) is 4.68 Å². The molecule has 22 heavy (non-hydrogen) atoms. The second-order valence-electron chi connectivity index (χ2n) is 5.81. The summed E-state index contributed by atoms with van der Waals surface area (Å²) in [6, 6.07) is 3.41. The summed E-state index contributed by atoms with van der Waals surface area (Å²) in [5, 5.41) is 4.09. The van der Waals surface area contributed by atoms with E-state index < -0.39 is 10.0 Å². The Balaban J connectivity index is 1.96. The fourth-order valence-corrected chi connectivity index (χ4v) is 4.51. The molecule has 0 amide bonds. The van der Waals surface area contributed by atoms with Gasteiger partial charge in [-0.1, -0.05) is 6.92 Å². The number of aryl methyl sites for hydroxylation is 1. The standard InChI is InChI=1S/C15H21N3O3S/c1-3-17-11-13(10-16-17)22(19,20)18-7-6-12(2)9-14(18)15-5-4-8-21-15/h4-5,8,10-12,14H,3,6-7,9H2,1-2H3/t12-,14+/m0/s1. The minimum atomic E-state index is -3.56. The minimum absolute atomic E-state index is 0.242. The Hall–Kier alpha value is -1.60. The van der Waals surface area contributed by atoms with E-state index in [2.05, 4.69) is 12.0 Å². The largest absolute Gasteiger partial charge is 0.468 e. The van der Waals surface area contributed by atoms with E-state index in [1.54, 1.807) is 27.5 Å². The predicted octanol–water partition coefficient (Wildman–Crippen LogP) is 2.66. The van der Waals surface area contributed by atoms with E-state index in [1.165, 1.54) is 6.20 Å². The molecular weight excluding hydrogens is 302 g/mol. The van der Waals surface area contributed by atoms with Crippen LogP contribution in [0.2, 0.25) is 0 Å². The maximum Gasteiger partial charge on any atom is 0.246 e. The van der Waals surface area contributed by atoms with E-state index in [0.29, 0.717) is 24.8 Å². The Bertz CT molecular complexity index is 721. The number of nitrogens with zero attached hydrogens (tertiary/aromatic N) is 3. The van der Waals surface area contributed by atoms with Crippen molar-refractivity contribution < 1.29 is 12.8 Å². The Morgan fingerprint density at radius 2 is 2.27 bits per heavy atom. The van der Waals surface area contributed by atoms with E-state index in [4.69, 9.17) is 4.42 Å². The van der Waals surface area contributed by atoms with E-state index >= 15 is 0 Å². The predicted molar refractivity (Wildman–Crippen MR) is 81.6 cm³/mol. The van der Waals surface area contributed by atoms with E-state index in [1.807, 2.05) is 13.0 Å². The summed E-state index contributed by atoms with van der Waals surface area (Å²) in [5.41, 5.74) is 0. The molecule has 3 heterocycles. The van der Waals surface area contributed by atoms with Gasteiger partial charge in [-0.2, -0.15) is 9.40 Å². The Morgan fingerprint density at radius 3 is 2.91 bits per heavy atom. The highest BCUT2D eigenvalue weighted by Gasteiger charge is 2.38. The van der Waals surface area contributed by atoms with Crippen molar-refractivity contribution in [1.29, 1.82) is 0 Å². The fraction of sp³-hybridized carbons (Fsp3) is 0.533. The van der Waals surface area contributed by atoms with Crippen molar-refractivity contribution >= 4 is 10.0 Å². The smallest absolute Gasteiger partial charge is 0.246 e. The SMILES string of the molecule is CCn1cc(S(=O)(=O)N2CC[C@H](C)C[C@@H]2c2ccco2)cn1. The zero-order valence-corrected chi connectivity index (χ0v) is 13.7. The molecular formula is C15H21N3O3S. The molecule has 0 saturated carbocycles. The number of sulfonamides is 1. The first-order valence-corrected chi connectivity index (χ1v) is 9.04. The van der Waals surface area contributed by atoms with Gasteiger partial charge in [0.1, 0.15) is 10.7 Å². The molecule has 0 bridgehead atoms. The van der Waals surface area contributed by atoms with Crippen molar-refractivity contribution in [2.24, 2.45) is 5.92 Å². The van der Waals surface area contributed by atoms with Gasteiger partial charge in [-0.15, -0.1) is 0 Å². The third-order valence-electron chi connectivity index (χ3n) is 4.23. The summed E-state index contributed by atoms with van der Waals surface area (Å²) < 4.78 is 34.6. The molecule has 0 aliphatic carbocycles. The molecule has 1 fully saturated rings. The Morgan fingerprint density at radius 1 is 1.45 bits per heavy atom. The van der Waals surface area contributed by atoms with Gasteiger partial charge in [0, 0.05) is 19.3 Å². The first-order valence-electron chi connectivity index (χ1n) is 7.60. The van der Waals surface area contributed by atoms with Crippen LogP contribution in [-0.2, 0) is 16.6 Å². The minimum Gasteiger partial charge on any atom is -0.468 e. The van der Waals surface area contributed by atoms with Gasteiger partial charge in [0.05, 0.1) is 18.5 Å². The first-order chi connectivity index (χ1) is 10.5. The molecule has 0 radical (unpaired) electrons. The summed E-state index contributed by atoms with van der Waals surface area (Å²) >= 11 is 0. The number of piperidine rings is 1. The van der Waals surface area contributed by atoms with Crippen LogP contribution in [0, 0.1) is 5.92 Å². The lowest BCUT2D eigenvalue weighted by atomic mass is 9.93. The molecule has 6 nitrogen and oxygen atoms in total. The van der Waals surface area contributed by atoms with Crippen LogP contribution in [0.3, 0.4) is 0 Å². The molecule has 0 unspecified atom stereocenters. The van der Waals surface area contributed by atoms with Crippen molar-refractivity contribution in [3.05, 3.63) is 36.5 Å². The molecule has 7 heteroatoms. The molecule has 1 aliphatic heterocycles. The lowest BCUT2D eigenvalue weighted by Crippen LogP contribution is -2.40. The van der Waals surface area contributed by atoms with Crippen LogP contribution in [0.25, 0.3) is 0 Å². The fourth-order valence-electron chi connectivity index (χ4n) is 2.93. The molecule has 0 aromatic carbocycles. The van der Waals surface area contributed by atoms with Gasteiger partial charge in [0.2, 0.25) is 10.0 Å². The summed E-state index contributed by atoms with van der Waals surface area (Å²) in [6.45, 7) is 5.23. The molecule has 2 aromatic heterocycles. The number of hydrogen-bond acceptors (Lipinski definition) is 4. The highest BCUT2D eigenvalue weighted by molar-refractivity contribution is 7.89. The zero-order valence-electron chi connectivity index (χ0n) is 12.8. The van der Waals surface area contributed by atoms with Crippen LogP contribution >= 0.6 is 0 Å². The number of hydrogen-bond donors (Lipinski definition) is 0. The van der Waals surface area contributed by atoms with Crippen LogP contribution in [0.5, 0.6) is 0 Å². The number of aromatic nitrogens is 2. The van der Waals surface area contributed by atoms with Crippen molar-refractivity contribution in [2.75, 3.05) is 6.54 Å². The normalized spacial score (nSPS) is 23.7. The molecule has 2 atom stereocenters. The first kappa shape index (κ1) is 15.3. The van der Waals surface area contributed by atoms with Crippen molar-refractivity contribution in [2.45, 2.75) is 44.2 Å². The molecule has 1 saturated heterocycles. The number of rotatable bonds is 4. The van der Waals surface area contributed by atoms with Gasteiger partial charge in [0.25, 0.3) is 0 Å². The summed E-state index contributed by atoms with van der Waals surface area (Å²) in [6.07, 6.45) is 6.24. The van der Waals surface area contributed by atoms with Crippen LogP contribution in [0.4, 0.5) is 0 Å². The van der Waals surface area contributed by atoms with Crippen LogP contribution < -0.4 is 0 Å². The topological polar surface area (TPSA) is 68.3 Å². The van der Waals surface area contributed by atoms with Gasteiger partial charge in [-0.25, -0.2) is 8.42 Å². The van der Waals surface area contributed by atoms with Crippen molar-refractivity contribution in [3.8, 4) is 0 Å². The third kappa shape index (κ3) is 2.70. The Kier molecular flexibility index (Phi) is 4.10. The van der Waals surface area contributed by atoms with Crippen molar-refractivity contribution in [3.63, 3.8) is 0 Å². The lowest BCUT2D eigenvalue weighted by Gasteiger charge is -2.36. The maximum absolute atomic E-state index is 13.0. The summed E-state index contributed by atoms with van der Waals surface area (Å²) in [4.78, 5) is 0.250. The van der Waals surface area contributed by atoms with Gasteiger partial charge in [0.15, 0.2) is 0 Å². The molecule has 0 spiro atoms. The average molecular weight is 323 g/mol. The zero-order chi connectivity index (χ0) is 15.7. The van der Waals surface area contributed by atoms with Crippen LogP contribution in [0.1, 0.15) is 38.5 Å². The summed E-state index contributed by atoms with van der Waals surface area (Å²) in [5.74, 6) is 1.18. The van der Waals surface area contributed by atoms with Gasteiger partial charge < -0.3 is 4.42 Å². The molecule has 120 valence electrons. The van der Waals surface area contributed by atoms with E-state index in [9.17, 15) is 8.42 Å². The van der Waals surface area contributed by atoms with Crippen LogP contribution in [0.15, 0.2) is 40.1 Å². The second kappa shape index (κ2) is 5.89. The van der Waals surface area contributed by atoms with Gasteiger partial charge in [-0.05, 0) is 37.8 Å². The summed E-state index contributed by atoms with van der Waals surface area (Å²) in [7, 11) is -3.56. The maximum atomic E-state index is 13.0. The Labute approximate surface area is 130 Å². The molecule has 3 rings (SSSR count). The lowest BCUT2D eigenvalue weighted by molar-refractivity contribution is 0.185. The quantitative estimate of drug-likeness (QED) is 0.867. The third-order valence-corrected chi connectivity index (χ3v) is 6.09. The monoisotopic (exact) mass is 323 g/mol. The molecule has 2 aromatic rings. The van der Waals surface area contributed by atoms with E-state index in [-0.39, 0.29) is 10.9 Å². The number of furan rings is 1. The van der Waals surface area contributed by atoms with Gasteiger partial charge >= 0.3 is 0 Å². The van der Waals surface area contributed by atoms with Crippen LogP contribution in [-0.4, -0.2) is 29.0 Å². The van der Waals surface area contributed by atoms with Crippen molar-refractivity contribution in [1.82, 2.24) is 14.1 Å². The molecule has 0 N–H and O–H groups in total. The average Bonchev–Trinajstić information content (AvgIpc) is 3.18. The second-order valence-corrected chi connectivity index (χ2v) is 7.70. The molecule has 1 aliphatic rings. The highest BCUT2D eigenvalue weighted by atomic mass is 32.2. The highest BCUT2D eigenvalue weighted by Crippen LogP contribution is 2.37.